The van der Waals surface area contributed by atoms with Crippen LogP contribution in [0.2, 0.25) is 0 Å². The Labute approximate surface area is 171 Å². The van der Waals surface area contributed by atoms with Gasteiger partial charge in [0.15, 0.2) is 5.82 Å². The van der Waals surface area contributed by atoms with Crippen LogP contribution in [0, 0.1) is 0 Å². The van der Waals surface area contributed by atoms with Gasteiger partial charge in [-0.2, -0.15) is 13.2 Å². The molecule has 158 valence electrons. The minimum Gasteiger partial charge on any atom is -0.507 e. The quantitative estimate of drug-likeness (QED) is 0.659. The lowest BCUT2D eigenvalue weighted by atomic mass is 10.0. The Morgan fingerprint density at radius 2 is 2.07 bits per heavy atom. The number of piperidine rings is 1. The molecule has 6 nitrogen and oxygen atoms in total. The monoisotopic (exact) mass is 417 g/mol. The van der Waals surface area contributed by atoms with Crippen LogP contribution in [0.1, 0.15) is 25.3 Å². The number of benzene rings is 1. The predicted molar refractivity (Wildman–Crippen MR) is 108 cm³/mol. The topological polar surface area (TPSA) is 74.2 Å². The molecule has 1 fully saturated rings. The molecule has 1 aromatic carbocycles. The number of hydrogen-bond acceptors (Lipinski definition) is 6. The van der Waals surface area contributed by atoms with Crippen molar-refractivity contribution in [2.45, 2.75) is 32.0 Å². The van der Waals surface area contributed by atoms with Crippen LogP contribution in [-0.4, -0.2) is 50.9 Å². The minimum atomic E-state index is -4.54. The van der Waals surface area contributed by atoms with E-state index in [1.54, 1.807) is 18.3 Å². The number of rotatable bonds is 4. The Hall–Kier alpha value is -2.94. The second-order valence-electron chi connectivity index (χ2n) is 7.40. The average molecular weight is 417 g/mol. The van der Waals surface area contributed by atoms with E-state index in [9.17, 15) is 18.3 Å². The first-order valence-corrected chi connectivity index (χ1v) is 9.87. The van der Waals surface area contributed by atoms with E-state index in [2.05, 4.69) is 32.3 Å². The molecule has 0 aliphatic carbocycles. The van der Waals surface area contributed by atoms with E-state index in [1.807, 2.05) is 0 Å². The third kappa shape index (κ3) is 4.02. The van der Waals surface area contributed by atoms with Crippen LogP contribution in [0.5, 0.6) is 5.75 Å². The van der Waals surface area contributed by atoms with Crippen molar-refractivity contribution < 1.29 is 18.3 Å². The maximum atomic E-state index is 12.9. The number of phenols is 1. The molecule has 0 spiro atoms. The SMILES string of the molecule is CCN1CCC[C@@H](Nc2nnc(-c3ccc(C(F)(F)F)cc3O)c3cccnc23)C1. The highest BCUT2D eigenvalue weighted by Crippen LogP contribution is 2.38. The van der Waals surface area contributed by atoms with Crippen molar-refractivity contribution in [1.82, 2.24) is 20.1 Å². The van der Waals surface area contributed by atoms with E-state index in [0.29, 0.717) is 22.8 Å². The number of likely N-dealkylation sites (N-methyl/N-ethyl adjacent to an activating group) is 1. The van der Waals surface area contributed by atoms with Gasteiger partial charge < -0.3 is 15.3 Å². The molecule has 0 amide bonds. The van der Waals surface area contributed by atoms with Gasteiger partial charge in [0, 0.05) is 29.7 Å². The zero-order valence-electron chi connectivity index (χ0n) is 16.4. The maximum Gasteiger partial charge on any atom is 0.416 e. The molecule has 0 radical (unpaired) electrons. The fourth-order valence-electron chi connectivity index (χ4n) is 3.84. The summed E-state index contributed by atoms with van der Waals surface area (Å²) in [5.74, 6) is 0.0274. The van der Waals surface area contributed by atoms with Gasteiger partial charge in [0.2, 0.25) is 0 Å². The number of aromatic nitrogens is 3. The van der Waals surface area contributed by atoms with Crippen molar-refractivity contribution in [3.8, 4) is 17.0 Å². The van der Waals surface area contributed by atoms with E-state index in [0.717, 1.165) is 38.5 Å². The van der Waals surface area contributed by atoms with Crippen LogP contribution in [0.4, 0.5) is 19.0 Å². The summed E-state index contributed by atoms with van der Waals surface area (Å²) in [6, 6.07) is 6.54. The molecule has 0 unspecified atom stereocenters. The largest absolute Gasteiger partial charge is 0.507 e. The lowest BCUT2D eigenvalue weighted by molar-refractivity contribution is -0.137. The van der Waals surface area contributed by atoms with E-state index in [-0.39, 0.29) is 17.3 Å². The van der Waals surface area contributed by atoms with Crippen molar-refractivity contribution in [3.05, 3.63) is 42.1 Å². The van der Waals surface area contributed by atoms with Crippen molar-refractivity contribution in [3.63, 3.8) is 0 Å². The molecule has 0 saturated carbocycles. The van der Waals surface area contributed by atoms with Crippen molar-refractivity contribution >= 4 is 16.7 Å². The Morgan fingerprint density at radius 1 is 1.23 bits per heavy atom. The number of aromatic hydroxyl groups is 1. The van der Waals surface area contributed by atoms with Crippen molar-refractivity contribution in [2.75, 3.05) is 25.0 Å². The van der Waals surface area contributed by atoms with Gasteiger partial charge in [-0.15, -0.1) is 10.2 Å². The first-order valence-electron chi connectivity index (χ1n) is 9.87. The molecule has 2 aromatic heterocycles. The van der Waals surface area contributed by atoms with Crippen LogP contribution in [0.15, 0.2) is 36.5 Å². The van der Waals surface area contributed by atoms with Crippen LogP contribution < -0.4 is 5.32 Å². The molecule has 0 bridgehead atoms. The number of likely N-dealkylation sites (tertiary alicyclic amines) is 1. The fraction of sp³-hybridized carbons (Fsp3) is 0.381. The second-order valence-corrected chi connectivity index (χ2v) is 7.40. The summed E-state index contributed by atoms with van der Waals surface area (Å²) in [5, 5.41) is 22.8. The third-order valence-corrected chi connectivity index (χ3v) is 5.41. The number of hydrogen-bond donors (Lipinski definition) is 2. The molecule has 2 N–H and O–H groups in total. The maximum absolute atomic E-state index is 12.9. The van der Waals surface area contributed by atoms with E-state index < -0.39 is 17.5 Å². The molecule has 30 heavy (non-hydrogen) atoms. The zero-order chi connectivity index (χ0) is 21.3. The number of phenolic OH excluding ortho intramolecular Hbond substituents is 1. The van der Waals surface area contributed by atoms with E-state index in [4.69, 9.17) is 0 Å². The molecule has 1 atom stereocenters. The second kappa shape index (κ2) is 8.06. The molecule has 1 aliphatic heterocycles. The summed E-state index contributed by atoms with van der Waals surface area (Å²) in [4.78, 5) is 6.78. The summed E-state index contributed by atoms with van der Waals surface area (Å²) in [6.45, 7) is 5.08. The molecular weight excluding hydrogens is 395 g/mol. The highest BCUT2D eigenvalue weighted by atomic mass is 19.4. The normalized spacial score (nSPS) is 17.9. The summed E-state index contributed by atoms with van der Waals surface area (Å²) in [7, 11) is 0. The highest BCUT2D eigenvalue weighted by molar-refractivity contribution is 5.98. The van der Waals surface area contributed by atoms with Gasteiger partial charge in [-0.05, 0) is 56.3 Å². The van der Waals surface area contributed by atoms with Crippen molar-refractivity contribution in [2.24, 2.45) is 0 Å². The van der Waals surface area contributed by atoms with E-state index >= 15 is 0 Å². The minimum absolute atomic E-state index is 0.176. The summed E-state index contributed by atoms with van der Waals surface area (Å²) in [5.41, 5.74) is 0.106. The number of pyridine rings is 1. The van der Waals surface area contributed by atoms with Gasteiger partial charge in [0.1, 0.15) is 17.0 Å². The van der Waals surface area contributed by atoms with Crippen LogP contribution in [0.25, 0.3) is 22.2 Å². The van der Waals surface area contributed by atoms with Gasteiger partial charge in [-0.1, -0.05) is 6.92 Å². The van der Waals surface area contributed by atoms with Gasteiger partial charge in [0.05, 0.1) is 5.56 Å². The molecule has 4 rings (SSSR count). The lowest BCUT2D eigenvalue weighted by Crippen LogP contribution is -2.42. The zero-order valence-corrected chi connectivity index (χ0v) is 16.4. The number of anilines is 1. The molecule has 3 heterocycles. The van der Waals surface area contributed by atoms with Crippen LogP contribution in [-0.2, 0) is 6.18 Å². The molecule has 1 aliphatic rings. The predicted octanol–water partition coefficient (Wildman–Crippen LogP) is 4.31. The Bertz CT molecular complexity index is 1060. The molecule has 3 aromatic rings. The number of nitrogens with one attached hydrogen (secondary N) is 1. The van der Waals surface area contributed by atoms with Crippen LogP contribution in [0.3, 0.4) is 0 Å². The van der Waals surface area contributed by atoms with Crippen molar-refractivity contribution in [1.29, 1.82) is 0 Å². The number of nitrogens with zero attached hydrogens (tertiary/aromatic N) is 4. The average Bonchev–Trinajstić information content (AvgIpc) is 2.74. The standard InChI is InChI=1S/C21H22F3N5O/c1-2-29-10-4-5-14(12-29)26-20-19-16(6-3-9-25-19)18(27-28-20)15-8-7-13(11-17(15)30)21(22,23)24/h3,6-9,11,14,30H,2,4-5,10,12H2,1H3,(H,26,28)/t14-/m1/s1. The highest BCUT2D eigenvalue weighted by Gasteiger charge is 2.31. The first-order chi connectivity index (χ1) is 14.4. The first kappa shape index (κ1) is 20.3. The number of fused-ring (bicyclic) bond motifs is 1. The smallest absolute Gasteiger partial charge is 0.416 e. The van der Waals surface area contributed by atoms with Gasteiger partial charge in [-0.25, -0.2) is 0 Å². The summed E-state index contributed by atoms with van der Waals surface area (Å²) >= 11 is 0. The number of halogens is 3. The fourth-order valence-corrected chi connectivity index (χ4v) is 3.84. The van der Waals surface area contributed by atoms with Gasteiger partial charge in [0.25, 0.3) is 0 Å². The lowest BCUT2D eigenvalue weighted by Gasteiger charge is -2.32. The van der Waals surface area contributed by atoms with E-state index in [1.165, 1.54) is 6.07 Å². The Morgan fingerprint density at radius 3 is 2.80 bits per heavy atom. The summed E-state index contributed by atoms with van der Waals surface area (Å²) in [6.07, 6.45) is -0.813. The Kier molecular flexibility index (Phi) is 5.46. The third-order valence-electron chi connectivity index (χ3n) is 5.41. The molecule has 9 heteroatoms. The molecular formula is C21H22F3N5O. The molecule has 1 saturated heterocycles. The number of alkyl halides is 3. The summed E-state index contributed by atoms with van der Waals surface area (Å²) < 4.78 is 38.8. The Balaban J connectivity index is 1.71. The van der Waals surface area contributed by atoms with Gasteiger partial charge >= 0.3 is 6.18 Å². The van der Waals surface area contributed by atoms with Crippen LogP contribution >= 0.6 is 0 Å². The van der Waals surface area contributed by atoms with Gasteiger partial charge in [-0.3, -0.25) is 4.98 Å².